The largest absolute Gasteiger partial charge is 0.314 e. The van der Waals surface area contributed by atoms with Crippen LogP contribution < -0.4 is 5.32 Å². The van der Waals surface area contributed by atoms with Crippen LogP contribution in [0.15, 0.2) is 5.51 Å². The second kappa shape index (κ2) is 4.84. The van der Waals surface area contributed by atoms with Gasteiger partial charge in [0.05, 0.1) is 11.2 Å². The Morgan fingerprint density at radius 1 is 1.50 bits per heavy atom. The third-order valence-electron chi connectivity index (χ3n) is 3.57. The molecule has 1 N–H and O–H groups in total. The van der Waals surface area contributed by atoms with E-state index in [9.17, 15) is 0 Å². The molecular weight excluding hydrogens is 216 g/mol. The Labute approximate surface area is 102 Å². The molecule has 2 rings (SSSR count). The predicted octanol–water partition coefficient (Wildman–Crippen LogP) is 3.16. The lowest BCUT2D eigenvalue weighted by atomic mass is 9.99. The Hall–Kier alpha value is -0.410. The number of aryl methyl sites for hydroxylation is 2. The van der Waals surface area contributed by atoms with Crippen molar-refractivity contribution >= 4 is 11.3 Å². The molecule has 2 nitrogen and oxygen atoms in total. The predicted molar refractivity (Wildman–Crippen MR) is 70.0 cm³/mol. The maximum atomic E-state index is 4.31. The maximum Gasteiger partial charge on any atom is 0.0797 e. The minimum Gasteiger partial charge on any atom is -0.314 e. The molecule has 16 heavy (non-hydrogen) atoms. The Kier molecular flexibility index (Phi) is 3.65. The summed E-state index contributed by atoms with van der Waals surface area (Å²) in [6, 6.07) is 0.614. The molecule has 1 aromatic heterocycles. The van der Waals surface area contributed by atoms with Crippen molar-refractivity contribution in [2.24, 2.45) is 5.41 Å². The van der Waals surface area contributed by atoms with Gasteiger partial charge in [-0.3, -0.25) is 0 Å². The Morgan fingerprint density at radius 3 is 2.75 bits per heavy atom. The van der Waals surface area contributed by atoms with E-state index in [0.717, 1.165) is 0 Å². The lowest BCUT2D eigenvalue weighted by Crippen LogP contribution is -2.30. The summed E-state index contributed by atoms with van der Waals surface area (Å²) in [5.74, 6) is 0. The van der Waals surface area contributed by atoms with Crippen LogP contribution in [-0.4, -0.2) is 17.6 Å². The highest BCUT2D eigenvalue weighted by Gasteiger charge is 2.41. The smallest absolute Gasteiger partial charge is 0.0797 e. The average molecular weight is 238 g/mol. The van der Waals surface area contributed by atoms with Crippen LogP contribution in [0.1, 0.15) is 43.7 Å². The van der Waals surface area contributed by atoms with Gasteiger partial charge in [-0.25, -0.2) is 4.98 Å². The first-order valence-corrected chi connectivity index (χ1v) is 7.12. The molecule has 1 saturated carbocycles. The molecular formula is C13H22N2S. The topological polar surface area (TPSA) is 24.9 Å². The fraction of sp³-hybridized carbons (Fsp3) is 0.769. The van der Waals surface area contributed by atoms with Gasteiger partial charge in [-0.2, -0.15) is 0 Å². The molecule has 0 saturated heterocycles. The summed E-state index contributed by atoms with van der Waals surface area (Å²) >= 11 is 1.81. The van der Waals surface area contributed by atoms with Crippen LogP contribution in [-0.2, 0) is 6.42 Å². The summed E-state index contributed by atoms with van der Waals surface area (Å²) in [6.45, 7) is 7.77. The molecule has 0 aromatic carbocycles. The lowest BCUT2D eigenvalue weighted by molar-refractivity contribution is 0.406. The van der Waals surface area contributed by atoms with Crippen molar-refractivity contribution < 1.29 is 0 Å². The first kappa shape index (κ1) is 12.1. The number of nitrogens with one attached hydrogen (secondary N) is 1. The molecule has 1 aliphatic rings. The second-order valence-corrected chi connectivity index (χ2v) is 6.34. The zero-order valence-electron chi connectivity index (χ0n) is 10.5. The monoisotopic (exact) mass is 238 g/mol. The molecule has 0 amide bonds. The van der Waals surface area contributed by atoms with E-state index in [-0.39, 0.29) is 0 Å². The minimum absolute atomic E-state index is 0.612. The van der Waals surface area contributed by atoms with Crippen molar-refractivity contribution in [3.05, 3.63) is 16.1 Å². The summed E-state index contributed by atoms with van der Waals surface area (Å²) in [5, 5.41) is 3.58. The summed E-state index contributed by atoms with van der Waals surface area (Å²) in [7, 11) is 0. The van der Waals surface area contributed by atoms with E-state index >= 15 is 0 Å². The van der Waals surface area contributed by atoms with Crippen LogP contribution in [0.5, 0.6) is 0 Å². The molecule has 1 aromatic rings. The van der Waals surface area contributed by atoms with Gasteiger partial charge < -0.3 is 5.32 Å². The molecule has 0 aliphatic heterocycles. The number of nitrogens with zero attached hydrogens (tertiary/aromatic N) is 1. The first-order valence-electron chi connectivity index (χ1n) is 6.24. The summed E-state index contributed by atoms with van der Waals surface area (Å²) in [4.78, 5) is 5.80. The fourth-order valence-corrected chi connectivity index (χ4v) is 2.84. The highest BCUT2D eigenvalue weighted by atomic mass is 32.1. The SMILES string of the molecule is Cc1ncsc1CCC1(CNC(C)C)CC1. The van der Waals surface area contributed by atoms with Crippen LogP contribution in [0, 0.1) is 12.3 Å². The van der Waals surface area contributed by atoms with E-state index in [1.807, 2.05) is 16.8 Å². The number of hydrogen-bond acceptors (Lipinski definition) is 3. The van der Waals surface area contributed by atoms with Crippen LogP contribution in [0.3, 0.4) is 0 Å². The summed E-state index contributed by atoms with van der Waals surface area (Å²) < 4.78 is 0. The van der Waals surface area contributed by atoms with Gasteiger partial charge in [-0.15, -0.1) is 11.3 Å². The zero-order chi connectivity index (χ0) is 11.6. The third-order valence-corrected chi connectivity index (χ3v) is 4.56. The molecule has 0 spiro atoms. The molecule has 0 radical (unpaired) electrons. The van der Waals surface area contributed by atoms with E-state index in [0.29, 0.717) is 11.5 Å². The second-order valence-electron chi connectivity index (χ2n) is 5.40. The van der Waals surface area contributed by atoms with Gasteiger partial charge in [-0.05, 0) is 38.0 Å². The standard InChI is InChI=1S/C13H22N2S/c1-10(2)14-8-13(6-7-13)5-4-12-11(3)15-9-16-12/h9-10,14H,4-8H2,1-3H3. The van der Waals surface area contributed by atoms with Crippen molar-refractivity contribution in [1.29, 1.82) is 0 Å². The van der Waals surface area contributed by atoms with Crippen LogP contribution in [0.4, 0.5) is 0 Å². The Balaban J connectivity index is 1.79. The normalized spacial score (nSPS) is 18.0. The Bertz CT molecular complexity index is 339. The van der Waals surface area contributed by atoms with Crippen molar-refractivity contribution in [2.45, 2.75) is 52.5 Å². The van der Waals surface area contributed by atoms with Crippen LogP contribution in [0.2, 0.25) is 0 Å². The van der Waals surface area contributed by atoms with Gasteiger partial charge in [0.15, 0.2) is 0 Å². The van der Waals surface area contributed by atoms with E-state index in [1.165, 1.54) is 42.8 Å². The van der Waals surface area contributed by atoms with Gasteiger partial charge in [0.25, 0.3) is 0 Å². The number of aromatic nitrogens is 1. The van der Waals surface area contributed by atoms with Crippen molar-refractivity contribution in [1.82, 2.24) is 10.3 Å². The molecule has 90 valence electrons. The molecule has 0 unspecified atom stereocenters. The molecule has 3 heteroatoms. The molecule has 1 fully saturated rings. The minimum atomic E-state index is 0.612. The van der Waals surface area contributed by atoms with Gasteiger partial charge in [0.2, 0.25) is 0 Å². The summed E-state index contributed by atoms with van der Waals surface area (Å²) in [5.41, 5.74) is 3.81. The van der Waals surface area contributed by atoms with E-state index < -0.39 is 0 Å². The van der Waals surface area contributed by atoms with E-state index in [1.54, 1.807) is 0 Å². The third kappa shape index (κ3) is 3.05. The number of hydrogen-bond donors (Lipinski definition) is 1. The molecule has 0 bridgehead atoms. The molecule has 0 atom stereocenters. The van der Waals surface area contributed by atoms with Gasteiger partial charge in [0.1, 0.15) is 0 Å². The van der Waals surface area contributed by atoms with E-state index in [2.05, 4.69) is 31.1 Å². The van der Waals surface area contributed by atoms with Gasteiger partial charge >= 0.3 is 0 Å². The Morgan fingerprint density at radius 2 is 2.25 bits per heavy atom. The van der Waals surface area contributed by atoms with Crippen LogP contribution >= 0.6 is 11.3 Å². The average Bonchev–Trinajstić information content (AvgIpc) is 2.90. The van der Waals surface area contributed by atoms with E-state index in [4.69, 9.17) is 0 Å². The quantitative estimate of drug-likeness (QED) is 0.823. The number of thiazole rings is 1. The lowest BCUT2D eigenvalue weighted by Gasteiger charge is -2.17. The zero-order valence-corrected chi connectivity index (χ0v) is 11.4. The molecule has 1 heterocycles. The van der Waals surface area contributed by atoms with Crippen LogP contribution in [0.25, 0.3) is 0 Å². The van der Waals surface area contributed by atoms with Gasteiger partial charge in [-0.1, -0.05) is 13.8 Å². The van der Waals surface area contributed by atoms with Gasteiger partial charge in [0, 0.05) is 17.5 Å². The summed E-state index contributed by atoms with van der Waals surface area (Å²) in [6.07, 6.45) is 5.36. The molecule has 1 aliphatic carbocycles. The maximum absolute atomic E-state index is 4.31. The van der Waals surface area contributed by atoms with Crippen molar-refractivity contribution in [3.63, 3.8) is 0 Å². The first-order chi connectivity index (χ1) is 7.61. The number of rotatable bonds is 6. The fourth-order valence-electron chi connectivity index (χ4n) is 2.06. The van der Waals surface area contributed by atoms with Crippen molar-refractivity contribution in [3.8, 4) is 0 Å². The highest BCUT2D eigenvalue weighted by Crippen LogP contribution is 2.49. The van der Waals surface area contributed by atoms with Crippen molar-refractivity contribution in [2.75, 3.05) is 6.54 Å². The highest BCUT2D eigenvalue weighted by molar-refractivity contribution is 7.09.